The third kappa shape index (κ3) is 5.88. The van der Waals surface area contributed by atoms with Gasteiger partial charge >= 0.3 is 12.5 Å². The number of pyridine rings is 1. The summed E-state index contributed by atoms with van der Waals surface area (Å²) in [4.78, 5) is 18.8. The molecular formula is C27H29F3N6O4. The second-order valence-corrected chi connectivity index (χ2v) is 10.5. The fraction of sp³-hybridized carbons (Fsp3) is 0.407. The monoisotopic (exact) mass is 558 g/mol. The van der Waals surface area contributed by atoms with Gasteiger partial charge in [-0.05, 0) is 56.7 Å². The first-order valence-electron chi connectivity index (χ1n) is 12.7. The lowest BCUT2D eigenvalue weighted by molar-refractivity contribution is -0.274. The molecule has 3 aromatic heterocycles. The van der Waals surface area contributed by atoms with Gasteiger partial charge in [0, 0.05) is 44.1 Å². The molecule has 1 amide bonds. The van der Waals surface area contributed by atoms with Crippen molar-refractivity contribution < 1.29 is 32.2 Å². The average molecular weight is 559 g/mol. The SMILES string of the molecule is COCCn1cc(-c2ccnc3c2c(C2CN(C(=O)OC(C)(C)C)C2)nn3-c2ccc(OC(F)(F)F)cc2)cn1. The first-order valence-corrected chi connectivity index (χ1v) is 12.7. The number of benzene rings is 1. The predicted octanol–water partition coefficient (Wildman–Crippen LogP) is 5.16. The van der Waals surface area contributed by atoms with Gasteiger partial charge in [0.2, 0.25) is 0 Å². The van der Waals surface area contributed by atoms with Crippen molar-refractivity contribution >= 4 is 17.1 Å². The molecule has 13 heteroatoms. The summed E-state index contributed by atoms with van der Waals surface area (Å²) in [6, 6.07) is 7.31. The number of halogens is 3. The smallest absolute Gasteiger partial charge is 0.444 e. The number of rotatable bonds is 7. The maximum Gasteiger partial charge on any atom is 0.573 e. The first kappa shape index (κ1) is 27.4. The topological polar surface area (TPSA) is 96.5 Å². The van der Waals surface area contributed by atoms with Crippen molar-refractivity contribution in [1.82, 2.24) is 29.4 Å². The minimum absolute atomic E-state index is 0.101. The number of carbonyl (C=O) groups excluding carboxylic acids is 1. The van der Waals surface area contributed by atoms with E-state index in [4.69, 9.17) is 14.6 Å². The second-order valence-electron chi connectivity index (χ2n) is 10.5. The lowest BCUT2D eigenvalue weighted by Crippen LogP contribution is -2.50. The van der Waals surface area contributed by atoms with Crippen LogP contribution in [0.5, 0.6) is 5.75 Å². The maximum atomic E-state index is 12.7. The van der Waals surface area contributed by atoms with Crippen LogP contribution in [0.25, 0.3) is 27.8 Å². The molecule has 0 unspecified atom stereocenters. The van der Waals surface area contributed by atoms with E-state index in [1.807, 2.05) is 33.0 Å². The molecule has 1 aromatic carbocycles. The van der Waals surface area contributed by atoms with Crippen LogP contribution in [0, 0.1) is 0 Å². The number of nitrogens with zero attached hydrogens (tertiary/aromatic N) is 6. The van der Waals surface area contributed by atoms with Crippen LogP contribution in [-0.2, 0) is 16.0 Å². The molecule has 1 saturated heterocycles. The van der Waals surface area contributed by atoms with Crippen LogP contribution in [0.15, 0.2) is 48.9 Å². The van der Waals surface area contributed by atoms with Crippen LogP contribution in [0.3, 0.4) is 0 Å². The zero-order chi connectivity index (χ0) is 28.7. The van der Waals surface area contributed by atoms with Crippen molar-refractivity contribution in [2.24, 2.45) is 0 Å². The Morgan fingerprint density at radius 2 is 1.82 bits per heavy atom. The summed E-state index contributed by atoms with van der Waals surface area (Å²) in [6.07, 6.45) is 0.127. The van der Waals surface area contributed by atoms with E-state index in [1.165, 1.54) is 24.3 Å². The van der Waals surface area contributed by atoms with E-state index in [0.717, 1.165) is 22.2 Å². The van der Waals surface area contributed by atoms with Gasteiger partial charge in [0.1, 0.15) is 11.4 Å². The zero-order valence-electron chi connectivity index (χ0n) is 22.5. The molecular weight excluding hydrogens is 529 g/mol. The fourth-order valence-corrected chi connectivity index (χ4v) is 4.50. The summed E-state index contributed by atoms with van der Waals surface area (Å²) in [7, 11) is 1.62. The number of likely N-dealkylation sites (tertiary alicyclic amines) is 1. The van der Waals surface area contributed by atoms with Crippen LogP contribution in [0.1, 0.15) is 32.4 Å². The number of carbonyl (C=O) groups is 1. The molecule has 40 heavy (non-hydrogen) atoms. The third-order valence-corrected chi connectivity index (χ3v) is 6.30. The summed E-state index contributed by atoms with van der Waals surface area (Å²) in [5.74, 6) is -0.437. The van der Waals surface area contributed by atoms with Crippen LogP contribution in [-0.4, -0.2) is 74.3 Å². The number of ether oxygens (including phenoxy) is 3. The van der Waals surface area contributed by atoms with Gasteiger partial charge in [-0.25, -0.2) is 14.5 Å². The van der Waals surface area contributed by atoms with E-state index >= 15 is 0 Å². The van der Waals surface area contributed by atoms with E-state index in [-0.39, 0.29) is 11.7 Å². The first-order chi connectivity index (χ1) is 18.9. The maximum absolute atomic E-state index is 12.7. The van der Waals surface area contributed by atoms with Crippen LogP contribution >= 0.6 is 0 Å². The molecule has 1 aliphatic heterocycles. The molecule has 1 fully saturated rings. The van der Waals surface area contributed by atoms with Crippen molar-refractivity contribution in [3.8, 4) is 22.6 Å². The van der Waals surface area contributed by atoms with Crippen molar-refractivity contribution in [2.45, 2.75) is 45.2 Å². The van der Waals surface area contributed by atoms with Gasteiger partial charge in [-0.15, -0.1) is 13.2 Å². The van der Waals surface area contributed by atoms with E-state index < -0.39 is 18.1 Å². The Labute approximate surface area is 228 Å². The molecule has 0 atom stereocenters. The molecule has 0 N–H and O–H groups in total. The van der Waals surface area contributed by atoms with Gasteiger partial charge in [0.05, 0.1) is 36.1 Å². The minimum atomic E-state index is -4.79. The van der Waals surface area contributed by atoms with Crippen molar-refractivity contribution in [2.75, 3.05) is 26.8 Å². The Morgan fingerprint density at radius 3 is 2.48 bits per heavy atom. The van der Waals surface area contributed by atoms with E-state index in [1.54, 1.807) is 33.8 Å². The summed E-state index contributed by atoms with van der Waals surface area (Å²) in [5.41, 5.74) is 2.84. The van der Waals surface area contributed by atoms with Gasteiger partial charge < -0.3 is 19.1 Å². The van der Waals surface area contributed by atoms with Gasteiger partial charge in [0.15, 0.2) is 5.65 Å². The quantitative estimate of drug-likeness (QED) is 0.309. The normalized spacial score (nSPS) is 14.4. The van der Waals surface area contributed by atoms with Gasteiger partial charge in [-0.3, -0.25) is 4.68 Å². The molecule has 4 aromatic rings. The molecule has 1 aliphatic rings. The Morgan fingerprint density at radius 1 is 1.10 bits per heavy atom. The summed E-state index contributed by atoms with van der Waals surface area (Å²) < 4.78 is 56.0. The van der Waals surface area contributed by atoms with Crippen molar-refractivity contribution in [3.63, 3.8) is 0 Å². The van der Waals surface area contributed by atoms with Crippen LogP contribution in [0.4, 0.5) is 18.0 Å². The molecule has 212 valence electrons. The molecule has 0 saturated carbocycles. The molecule has 4 heterocycles. The molecule has 0 radical (unpaired) electrons. The van der Waals surface area contributed by atoms with Gasteiger partial charge in [-0.2, -0.15) is 10.2 Å². The number of hydrogen-bond acceptors (Lipinski definition) is 7. The minimum Gasteiger partial charge on any atom is -0.444 e. The lowest BCUT2D eigenvalue weighted by Gasteiger charge is -2.39. The fourth-order valence-electron chi connectivity index (χ4n) is 4.50. The van der Waals surface area contributed by atoms with Crippen LogP contribution in [0.2, 0.25) is 0 Å². The zero-order valence-corrected chi connectivity index (χ0v) is 22.5. The van der Waals surface area contributed by atoms with Crippen LogP contribution < -0.4 is 4.74 Å². The second kappa shape index (κ2) is 10.5. The third-order valence-electron chi connectivity index (χ3n) is 6.30. The van der Waals surface area contributed by atoms with Gasteiger partial charge in [0.25, 0.3) is 0 Å². The highest BCUT2D eigenvalue weighted by Crippen LogP contribution is 2.38. The molecule has 0 bridgehead atoms. The highest BCUT2D eigenvalue weighted by atomic mass is 19.4. The number of hydrogen-bond donors (Lipinski definition) is 0. The number of methoxy groups -OCH3 is 1. The summed E-state index contributed by atoms with van der Waals surface area (Å²) >= 11 is 0. The van der Waals surface area contributed by atoms with E-state index in [0.29, 0.717) is 37.6 Å². The van der Waals surface area contributed by atoms with Crippen molar-refractivity contribution in [1.29, 1.82) is 0 Å². The van der Waals surface area contributed by atoms with E-state index in [9.17, 15) is 18.0 Å². The number of fused-ring (bicyclic) bond motifs is 1. The highest BCUT2D eigenvalue weighted by molar-refractivity contribution is 5.96. The van der Waals surface area contributed by atoms with E-state index in [2.05, 4.69) is 14.8 Å². The summed E-state index contributed by atoms with van der Waals surface area (Å²) in [5, 5.41) is 10.1. The molecule has 0 spiro atoms. The predicted molar refractivity (Wildman–Crippen MR) is 139 cm³/mol. The average Bonchev–Trinajstić information content (AvgIpc) is 3.46. The molecule has 10 nitrogen and oxygen atoms in total. The highest BCUT2D eigenvalue weighted by Gasteiger charge is 2.38. The number of amides is 1. The molecule has 0 aliphatic carbocycles. The Hall–Kier alpha value is -4.13. The standard InChI is InChI=1S/C27H29F3N6O4/c1-26(2,3)40-25(37)34-14-18(15-34)23-22-21(17-13-32-35(16-17)11-12-38-4)9-10-31-24(22)36(33-23)19-5-7-20(8-6-19)39-27(28,29)30/h5-10,13,16,18H,11-12,14-15H2,1-4H3. The lowest BCUT2D eigenvalue weighted by atomic mass is 9.92. The number of alkyl halides is 3. The largest absolute Gasteiger partial charge is 0.573 e. The summed E-state index contributed by atoms with van der Waals surface area (Å²) in [6.45, 7) is 7.33. The number of aromatic nitrogens is 5. The van der Waals surface area contributed by atoms with Gasteiger partial charge in [-0.1, -0.05) is 0 Å². The Bertz CT molecular complexity index is 1500. The van der Waals surface area contributed by atoms with Crippen molar-refractivity contribution in [3.05, 3.63) is 54.6 Å². The Balaban J connectivity index is 1.53. The Kier molecular flexibility index (Phi) is 7.17. The molecule has 5 rings (SSSR count).